The number of hydrogen-bond acceptors (Lipinski definition) is 3. The van der Waals surface area contributed by atoms with Gasteiger partial charge in [-0.3, -0.25) is 0 Å². The van der Waals surface area contributed by atoms with Crippen LogP contribution in [0.5, 0.6) is 0 Å². The lowest BCUT2D eigenvalue weighted by molar-refractivity contribution is -0.0873. The summed E-state index contributed by atoms with van der Waals surface area (Å²) in [6.45, 7) is 0. The molecule has 3 rings (SSSR count). The molecule has 0 aromatic rings. The Bertz CT molecular complexity index is 246. The maximum Gasteiger partial charge on any atom is 0.114 e. The molecule has 4 heteroatoms. The molecule has 0 bridgehead atoms. The molecule has 1 aliphatic heterocycles. The van der Waals surface area contributed by atoms with Crippen molar-refractivity contribution in [1.29, 1.82) is 0 Å². The third-order valence-electron chi connectivity index (χ3n) is 3.53. The Balaban J connectivity index is 1.95. The van der Waals surface area contributed by atoms with E-state index in [0.717, 1.165) is 6.42 Å². The number of ether oxygens (including phenoxy) is 1. The van der Waals surface area contributed by atoms with Crippen LogP contribution in [-0.4, -0.2) is 41.4 Å². The third-order valence-corrected chi connectivity index (χ3v) is 3.53. The van der Waals surface area contributed by atoms with E-state index in [4.69, 9.17) is 12.6 Å². The van der Waals surface area contributed by atoms with Gasteiger partial charge in [0, 0.05) is 6.00 Å². The quantitative estimate of drug-likeness (QED) is 0.461. The van der Waals surface area contributed by atoms with Crippen molar-refractivity contribution in [3.8, 4) is 0 Å². The molecule has 2 radical (unpaired) electrons. The molecule has 3 nitrogen and oxygen atoms in total. The summed E-state index contributed by atoms with van der Waals surface area (Å²) in [6, 6.07) is -0.398. The fraction of sp³-hybridized carbons (Fsp3) is 1.00. The average Bonchev–Trinajstić information content (AvgIpc) is 2.35. The SMILES string of the molecule is [B][C@H]1CC2(O)CC3CC3(O)[C@@H]2O1. The molecule has 5 atom stereocenters. The lowest BCUT2D eigenvalue weighted by atomic mass is 9.86. The van der Waals surface area contributed by atoms with E-state index in [9.17, 15) is 10.2 Å². The van der Waals surface area contributed by atoms with E-state index in [2.05, 4.69) is 0 Å². The summed E-state index contributed by atoms with van der Waals surface area (Å²) < 4.78 is 5.32. The molecule has 12 heavy (non-hydrogen) atoms. The van der Waals surface area contributed by atoms with Gasteiger partial charge >= 0.3 is 0 Å². The van der Waals surface area contributed by atoms with Crippen LogP contribution >= 0.6 is 0 Å². The molecule has 0 aromatic carbocycles. The van der Waals surface area contributed by atoms with E-state index >= 15 is 0 Å². The fourth-order valence-corrected chi connectivity index (χ4v) is 2.91. The smallest absolute Gasteiger partial charge is 0.114 e. The van der Waals surface area contributed by atoms with E-state index in [1.807, 2.05) is 0 Å². The van der Waals surface area contributed by atoms with Gasteiger partial charge in [-0.2, -0.15) is 0 Å². The summed E-state index contributed by atoms with van der Waals surface area (Å²) in [5.41, 5.74) is -1.58. The predicted octanol–water partition coefficient (Wildman–Crippen LogP) is -0.844. The lowest BCUT2D eigenvalue weighted by Crippen LogP contribution is -2.41. The van der Waals surface area contributed by atoms with E-state index in [0.29, 0.717) is 12.8 Å². The van der Waals surface area contributed by atoms with Gasteiger partial charge in [0.1, 0.15) is 14.0 Å². The highest BCUT2D eigenvalue weighted by Crippen LogP contribution is 2.63. The largest absolute Gasteiger partial charge is 0.387 e. The van der Waals surface area contributed by atoms with Crippen molar-refractivity contribution in [3.63, 3.8) is 0 Å². The van der Waals surface area contributed by atoms with Gasteiger partial charge in [0.25, 0.3) is 0 Å². The van der Waals surface area contributed by atoms with Crippen LogP contribution in [0.2, 0.25) is 0 Å². The molecule has 2 N–H and O–H groups in total. The second-order valence-corrected chi connectivity index (χ2v) is 4.46. The van der Waals surface area contributed by atoms with Crippen LogP contribution in [0.4, 0.5) is 0 Å². The van der Waals surface area contributed by atoms with Crippen molar-refractivity contribution in [2.24, 2.45) is 5.92 Å². The molecule has 1 heterocycles. The van der Waals surface area contributed by atoms with Crippen molar-refractivity contribution < 1.29 is 14.9 Å². The Kier molecular flexibility index (Phi) is 1.07. The lowest BCUT2D eigenvalue weighted by Gasteiger charge is -2.25. The molecular weight excluding hydrogens is 155 g/mol. The highest BCUT2D eigenvalue weighted by molar-refractivity contribution is 6.11. The Labute approximate surface area is 72.1 Å². The molecule has 0 spiro atoms. The Morgan fingerprint density at radius 3 is 2.67 bits per heavy atom. The summed E-state index contributed by atoms with van der Waals surface area (Å²) in [5.74, 6) is 0.250. The number of fused-ring (bicyclic) bond motifs is 3. The standard InChI is InChI=1S/C8H11BO3/c9-5-3-7(10)1-4-2-8(4,11)6(7)12-5/h4-6,10-11H,1-3H2/t4?,5-,6-,7?,8?/m1/s1. The predicted molar refractivity (Wildman–Crippen MR) is 41.7 cm³/mol. The van der Waals surface area contributed by atoms with Crippen LogP contribution in [0.15, 0.2) is 0 Å². The molecule has 2 aliphatic carbocycles. The zero-order valence-corrected chi connectivity index (χ0v) is 6.73. The van der Waals surface area contributed by atoms with Gasteiger partial charge in [0.05, 0.1) is 11.2 Å². The molecule has 0 amide bonds. The summed E-state index contributed by atoms with van der Waals surface area (Å²) >= 11 is 0. The Morgan fingerprint density at radius 1 is 1.25 bits per heavy atom. The topological polar surface area (TPSA) is 49.7 Å². The van der Waals surface area contributed by atoms with Crippen molar-refractivity contribution in [2.45, 2.75) is 42.6 Å². The zero-order chi connectivity index (χ0) is 8.56. The van der Waals surface area contributed by atoms with Crippen LogP contribution in [0.3, 0.4) is 0 Å². The highest BCUT2D eigenvalue weighted by atomic mass is 16.5. The van der Waals surface area contributed by atoms with Crippen LogP contribution in [0.1, 0.15) is 19.3 Å². The van der Waals surface area contributed by atoms with Crippen molar-refractivity contribution >= 4 is 7.85 Å². The first-order valence-corrected chi connectivity index (χ1v) is 4.40. The van der Waals surface area contributed by atoms with Crippen LogP contribution in [0, 0.1) is 5.92 Å². The fourth-order valence-electron chi connectivity index (χ4n) is 2.91. The van der Waals surface area contributed by atoms with Crippen molar-refractivity contribution in [1.82, 2.24) is 0 Å². The molecule has 3 aliphatic rings. The van der Waals surface area contributed by atoms with Gasteiger partial charge in [0.2, 0.25) is 0 Å². The average molecular weight is 166 g/mol. The molecular formula is C8H11BO3. The van der Waals surface area contributed by atoms with E-state index in [-0.39, 0.29) is 5.92 Å². The summed E-state index contributed by atoms with van der Waals surface area (Å²) in [4.78, 5) is 0. The maximum absolute atomic E-state index is 10.0. The van der Waals surface area contributed by atoms with Gasteiger partial charge < -0.3 is 14.9 Å². The first kappa shape index (κ1) is 7.36. The number of hydrogen-bond donors (Lipinski definition) is 2. The first-order valence-electron chi connectivity index (χ1n) is 4.40. The van der Waals surface area contributed by atoms with Gasteiger partial charge in [0.15, 0.2) is 0 Å². The third kappa shape index (κ3) is 0.652. The number of aliphatic hydroxyl groups is 2. The molecule has 2 saturated carbocycles. The minimum Gasteiger partial charge on any atom is -0.387 e. The van der Waals surface area contributed by atoms with Gasteiger partial charge in [-0.1, -0.05) is 0 Å². The minimum atomic E-state index is -0.836. The Morgan fingerprint density at radius 2 is 2.00 bits per heavy atom. The van der Waals surface area contributed by atoms with Crippen molar-refractivity contribution in [3.05, 3.63) is 0 Å². The Hall–Kier alpha value is -0.0551. The van der Waals surface area contributed by atoms with Gasteiger partial charge in [-0.15, -0.1) is 0 Å². The molecule has 3 unspecified atom stereocenters. The zero-order valence-electron chi connectivity index (χ0n) is 6.73. The molecule has 3 fully saturated rings. The van der Waals surface area contributed by atoms with Crippen molar-refractivity contribution in [2.75, 3.05) is 0 Å². The molecule has 64 valence electrons. The van der Waals surface area contributed by atoms with Crippen LogP contribution in [0.25, 0.3) is 0 Å². The van der Waals surface area contributed by atoms with Gasteiger partial charge in [-0.05, 0) is 25.2 Å². The summed E-state index contributed by atoms with van der Waals surface area (Å²) in [5, 5.41) is 19.9. The minimum absolute atomic E-state index is 0.250. The first-order chi connectivity index (χ1) is 5.55. The summed E-state index contributed by atoms with van der Waals surface area (Å²) in [6.07, 6.45) is 1.47. The number of rotatable bonds is 0. The summed E-state index contributed by atoms with van der Waals surface area (Å²) in [7, 11) is 5.56. The highest BCUT2D eigenvalue weighted by Gasteiger charge is 2.74. The van der Waals surface area contributed by atoms with Crippen LogP contribution in [-0.2, 0) is 4.74 Å². The van der Waals surface area contributed by atoms with E-state index in [1.54, 1.807) is 0 Å². The molecule has 0 aromatic heterocycles. The van der Waals surface area contributed by atoms with E-state index < -0.39 is 23.3 Å². The van der Waals surface area contributed by atoms with Crippen LogP contribution < -0.4 is 0 Å². The second kappa shape index (κ2) is 1.74. The maximum atomic E-state index is 10.0. The normalized spacial score (nSPS) is 67.7. The molecule has 1 saturated heterocycles. The second-order valence-electron chi connectivity index (χ2n) is 4.46. The monoisotopic (exact) mass is 166 g/mol. The van der Waals surface area contributed by atoms with Gasteiger partial charge in [-0.25, -0.2) is 0 Å². The van der Waals surface area contributed by atoms with E-state index in [1.165, 1.54) is 0 Å².